The average molecular weight is 448 g/mol. The molecule has 0 saturated carbocycles. The molecular weight excluding hydrogens is 418 g/mol. The number of carboxylic acids is 1. The number of hydrogen-bond donors (Lipinski definition) is 1. The summed E-state index contributed by atoms with van der Waals surface area (Å²) in [6.45, 7) is 10.7. The highest BCUT2D eigenvalue weighted by atomic mass is 35.5. The van der Waals surface area contributed by atoms with E-state index in [0.29, 0.717) is 24.3 Å². The zero-order valence-electron chi connectivity index (χ0n) is 17.1. The topological polar surface area (TPSA) is 83.9 Å². The third kappa shape index (κ3) is 4.97. The summed E-state index contributed by atoms with van der Waals surface area (Å²) in [6, 6.07) is 4.21. The van der Waals surface area contributed by atoms with E-state index < -0.39 is 36.4 Å². The highest BCUT2D eigenvalue weighted by Gasteiger charge is 2.45. The van der Waals surface area contributed by atoms with E-state index in [-0.39, 0.29) is 16.5 Å². The third-order valence-corrected chi connectivity index (χ3v) is 12.5. The van der Waals surface area contributed by atoms with Crippen molar-refractivity contribution in [2.75, 3.05) is 6.61 Å². The molecule has 1 aliphatic rings. The van der Waals surface area contributed by atoms with Crippen molar-refractivity contribution >= 4 is 35.9 Å². The van der Waals surface area contributed by atoms with Gasteiger partial charge in [0.25, 0.3) is 0 Å². The molecule has 0 radical (unpaired) electrons. The Balaban J connectivity index is 2.38. The van der Waals surface area contributed by atoms with Crippen LogP contribution in [0.5, 0.6) is 0 Å². The van der Waals surface area contributed by atoms with E-state index >= 15 is 0 Å². The van der Waals surface area contributed by atoms with Gasteiger partial charge in [0.05, 0.1) is 11.5 Å². The Kier molecular flexibility index (Phi) is 7.03. The molecule has 0 amide bonds. The van der Waals surface area contributed by atoms with Crippen LogP contribution in [0.4, 0.5) is 0 Å². The van der Waals surface area contributed by atoms with Crippen molar-refractivity contribution in [3.63, 3.8) is 0 Å². The molecule has 1 saturated heterocycles. The van der Waals surface area contributed by atoms with Gasteiger partial charge in [-0.25, -0.2) is 8.42 Å². The number of hydrogen-bond acceptors (Lipinski definition) is 4. The summed E-state index contributed by atoms with van der Waals surface area (Å²) in [6.07, 6.45) is 1.51. The standard InChI is InChI=1S/C19H30ClNO5SSi/c1-19(2,3)28(4,5)26-13-15-7-6-8-17(18(22)23)21(15)27(24,25)16-11-9-14(20)10-12-16/h9-12,15,17H,6-8,13H2,1-5H3,(H,22,23). The Labute approximate surface area is 174 Å². The molecule has 28 heavy (non-hydrogen) atoms. The van der Waals surface area contributed by atoms with Crippen molar-refractivity contribution in [3.8, 4) is 0 Å². The maximum absolute atomic E-state index is 13.3. The zero-order chi connectivity index (χ0) is 21.3. The summed E-state index contributed by atoms with van der Waals surface area (Å²) in [4.78, 5) is 11.9. The normalized spacial score (nSPS) is 22.2. The molecule has 1 fully saturated rings. The second-order valence-electron chi connectivity index (χ2n) is 8.80. The smallest absolute Gasteiger partial charge is 0.322 e. The van der Waals surface area contributed by atoms with Crippen molar-refractivity contribution in [1.82, 2.24) is 4.31 Å². The van der Waals surface area contributed by atoms with Crippen LogP contribution in [0.25, 0.3) is 0 Å². The number of nitrogens with zero attached hydrogens (tertiary/aromatic N) is 1. The van der Waals surface area contributed by atoms with Gasteiger partial charge < -0.3 is 9.53 Å². The lowest BCUT2D eigenvalue weighted by Crippen LogP contribution is -2.56. The molecular formula is C19H30ClNO5SSi. The Morgan fingerprint density at radius 2 is 1.82 bits per heavy atom. The van der Waals surface area contributed by atoms with Crippen LogP contribution in [0.3, 0.4) is 0 Å². The Bertz CT molecular complexity index is 805. The Morgan fingerprint density at radius 1 is 1.25 bits per heavy atom. The van der Waals surface area contributed by atoms with Gasteiger partial charge >= 0.3 is 5.97 Å². The third-order valence-electron chi connectivity index (χ3n) is 5.80. The van der Waals surface area contributed by atoms with Crippen molar-refractivity contribution in [2.24, 2.45) is 0 Å². The van der Waals surface area contributed by atoms with Gasteiger partial charge in [0, 0.05) is 11.1 Å². The highest BCUT2D eigenvalue weighted by molar-refractivity contribution is 7.89. The van der Waals surface area contributed by atoms with Gasteiger partial charge in [0.1, 0.15) is 6.04 Å². The van der Waals surface area contributed by atoms with Crippen LogP contribution in [-0.2, 0) is 19.2 Å². The van der Waals surface area contributed by atoms with Crippen molar-refractivity contribution in [2.45, 2.75) is 75.1 Å². The van der Waals surface area contributed by atoms with Crippen LogP contribution >= 0.6 is 11.6 Å². The lowest BCUT2D eigenvalue weighted by molar-refractivity contribution is -0.143. The maximum atomic E-state index is 13.3. The fourth-order valence-corrected chi connectivity index (χ4v) is 6.04. The first-order valence-corrected chi connectivity index (χ1v) is 14.2. The van der Waals surface area contributed by atoms with Gasteiger partial charge in [-0.15, -0.1) is 0 Å². The zero-order valence-corrected chi connectivity index (χ0v) is 19.7. The molecule has 1 aromatic carbocycles. The van der Waals surface area contributed by atoms with E-state index in [1.54, 1.807) is 0 Å². The number of piperidine rings is 1. The Hall–Kier alpha value is -0.933. The quantitative estimate of drug-likeness (QED) is 0.655. The number of rotatable bonds is 6. The minimum absolute atomic E-state index is 0.0201. The van der Waals surface area contributed by atoms with Gasteiger partial charge in [0.2, 0.25) is 10.0 Å². The molecule has 2 unspecified atom stereocenters. The van der Waals surface area contributed by atoms with Gasteiger partial charge in [-0.2, -0.15) is 4.31 Å². The van der Waals surface area contributed by atoms with E-state index in [1.807, 2.05) is 0 Å². The summed E-state index contributed by atoms with van der Waals surface area (Å²) < 4.78 is 34.0. The molecule has 2 atom stereocenters. The number of carboxylic acid groups (broad SMARTS) is 1. The van der Waals surface area contributed by atoms with Gasteiger partial charge in [-0.1, -0.05) is 32.4 Å². The summed E-state index contributed by atoms with van der Waals surface area (Å²) in [5.74, 6) is -1.13. The second kappa shape index (κ2) is 8.43. The molecule has 1 aromatic rings. The maximum Gasteiger partial charge on any atom is 0.322 e. The SMILES string of the molecule is CC(C)(C)[Si](C)(C)OCC1CCCC(C(=O)O)N1S(=O)(=O)c1ccc(Cl)cc1. The van der Waals surface area contributed by atoms with Crippen LogP contribution in [0.2, 0.25) is 23.2 Å². The fraction of sp³-hybridized carbons (Fsp3) is 0.632. The lowest BCUT2D eigenvalue weighted by atomic mass is 9.99. The number of sulfonamides is 1. The summed E-state index contributed by atoms with van der Waals surface area (Å²) in [7, 11) is -6.10. The van der Waals surface area contributed by atoms with E-state index in [0.717, 1.165) is 4.31 Å². The second-order valence-corrected chi connectivity index (χ2v) is 15.9. The van der Waals surface area contributed by atoms with Crippen LogP contribution in [0.1, 0.15) is 40.0 Å². The molecule has 1 N–H and O–H groups in total. The average Bonchev–Trinajstić information content (AvgIpc) is 2.59. The number of benzene rings is 1. The molecule has 1 aliphatic heterocycles. The first-order chi connectivity index (χ1) is 12.8. The molecule has 9 heteroatoms. The lowest BCUT2D eigenvalue weighted by Gasteiger charge is -2.42. The van der Waals surface area contributed by atoms with E-state index in [2.05, 4.69) is 33.9 Å². The summed E-state index contributed by atoms with van der Waals surface area (Å²) in [5.41, 5.74) is 0. The molecule has 0 spiro atoms. The van der Waals surface area contributed by atoms with Gasteiger partial charge in [-0.3, -0.25) is 4.79 Å². The van der Waals surface area contributed by atoms with E-state index in [1.165, 1.54) is 24.3 Å². The van der Waals surface area contributed by atoms with Crippen molar-refractivity contribution in [3.05, 3.63) is 29.3 Å². The van der Waals surface area contributed by atoms with Crippen LogP contribution in [0.15, 0.2) is 29.2 Å². The number of halogens is 1. The highest BCUT2D eigenvalue weighted by Crippen LogP contribution is 2.38. The minimum Gasteiger partial charge on any atom is -0.480 e. The van der Waals surface area contributed by atoms with E-state index in [4.69, 9.17) is 16.0 Å². The molecule has 1 heterocycles. The van der Waals surface area contributed by atoms with Gasteiger partial charge in [-0.05, 0) is 61.7 Å². The Morgan fingerprint density at radius 3 is 2.32 bits per heavy atom. The fourth-order valence-electron chi connectivity index (χ4n) is 3.06. The number of carbonyl (C=O) groups is 1. The molecule has 0 bridgehead atoms. The van der Waals surface area contributed by atoms with Crippen LogP contribution in [-0.4, -0.2) is 50.8 Å². The monoisotopic (exact) mass is 447 g/mol. The molecule has 0 aliphatic carbocycles. The van der Waals surface area contributed by atoms with Crippen molar-refractivity contribution < 1.29 is 22.7 Å². The van der Waals surface area contributed by atoms with E-state index in [9.17, 15) is 18.3 Å². The minimum atomic E-state index is -4.00. The molecule has 158 valence electrons. The first-order valence-electron chi connectivity index (χ1n) is 9.43. The summed E-state index contributed by atoms with van der Waals surface area (Å²) >= 11 is 5.88. The molecule has 0 aromatic heterocycles. The van der Waals surface area contributed by atoms with Crippen molar-refractivity contribution in [1.29, 1.82) is 0 Å². The van der Waals surface area contributed by atoms with Crippen LogP contribution < -0.4 is 0 Å². The first kappa shape index (κ1) is 23.3. The molecule has 6 nitrogen and oxygen atoms in total. The van der Waals surface area contributed by atoms with Gasteiger partial charge in [0.15, 0.2) is 8.32 Å². The summed E-state index contributed by atoms with van der Waals surface area (Å²) in [5, 5.41) is 10.1. The van der Waals surface area contributed by atoms with Crippen LogP contribution in [0, 0.1) is 0 Å². The molecule has 2 rings (SSSR count). The predicted octanol–water partition coefficient (Wildman–Crippen LogP) is 4.36. The largest absolute Gasteiger partial charge is 0.480 e. The number of aliphatic carboxylic acids is 1. The predicted molar refractivity (Wildman–Crippen MR) is 113 cm³/mol.